The molecule has 1 aliphatic rings. The second kappa shape index (κ2) is 5.85. The molecule has 3 unspecified atom stereocenters. The molecule has 0 aromatic rings. The maximum absolute atomic E-state index is 11.1. The molecule has 19 heavy (non-hydrogen) atoms. The molecule has 2 nitrogen and oxygen atoms in total. The summed E-state index contributed by atoms with van der Waals surface area (Å²) < 4.78 is 5.43. The van der Waals surface area contributed by atoms with Crippen LogP contribution in [0.5, 0.6) is 0 Å². The molecule has 0 amide bonds. The van der Waals surface area contributed by atoms with Crippen molar-refractivity contribution < 1.29 is 9.53 Å². The standard InChI is InChI=1S/C17H32O2/c1-12-10-14(8-9-15(12)19-13(2)18)17(6,7)11-16(3,4)5/h12,14-15H,8-11H2,1-7H3. The first-order valence-electron chi connectivity index (χ1n) is 7.68. The van der Waals surface area contributed by atoms with Crippen molar-refractivity contribution in [3.05, 3.63) is 0 Å². The summed E-state index contributed by atoms with van der Waals surface area (Å²) in [5, 5.41) is 0. The van der Waals surface area contributed by atoms with Crippen molar-refractivity contribution in [1.82, 2.24) is 0 Å². The van der Waals surface area contributed by atoms with Gasteiger partial charge in [-0.3, -0.25) is 4.79 Å². The van der Waals surface area contributed by atoms with E-state index in [1.807, 2.05) is 0 Å². The van der Waals surface area contributed by atoms with Gasteiger partial charge < -0.3 is 4.74 Å². The van der Waals surface area contributed by atoms with Crippen LogP contribution in [0.1, 0.15) is 74.1 Å². The fraction of sp³-hybridized carbons (Fsp3) is 0.941. The van der Waals surface area contributed by atoms with Gasteiger partial charge in [0.2, 0.25) is 0 Å². The third kappa shape index (κ3) is 5.16. The van der Waals surface area contributed by atoms with Gasteiger partial charge in [-0.25, -0.2) is 0 Å². The van der Waals surface area contributed by atoms with Crippen molar-refractivity contribution in [2.24, 2.45) is 22.7 Å². The lowest BCUT2D eigenvalue weighted by molar-refractivity contribution is -0.152. The third-order valence-corrected chi connectivity index (χ3v) is 4.50. The lowest BCUT2D eigenvalue weighted by atomic mass is 9.62. The molecule has 0 saturated heterocycles. The van der Waals surface area contributed by atoms with E-state index in [1.165, 1.54) is 26.2 Å². The van der Waals surface area contributed by atoms with Gasteiger partial charge in [-0.2, -0.15) is 0 Å². The molecule has 0 aromatic heterocycles. The highest BCUT2D eigenvalue weighted by Gasteiger charge is 2.39. The van der Waals surface area contributed by atoms with Crippen molar-refractivity contribution in [2.75, 3.05) is 0 Å². The summed E-state index contributed by atoms with van der Waals surface area (Å²) >= 11 is 0. The van der Waals surface area contributed by atoms with Gasteiger partial charge in [0, 0.05) is 6.92 Å². The van der Waals surface area contributed by atoms with Crippen LogP contribution >= 0.6 is 0 Å². The summed E-state index contributed by atoms with van der Waals surface area (Å²) in [5.41, 5.74) is 0.743. The minimum atomic E-state index is -0.135. The molecule has 0 aromatic carbocycles. The van der Waals surface area contributed by atoms with Crippen LogP contribution in [-0.4, -0.2) is 12.1 Å². The SMILES string of the molecule is CC(=O)OC1CCC(C(C)(C)CC(C)(C)C)CC1C. The van der Waals surface area contributed by atoms with Crippen LogP contribution < -0.4 is 0 Å². The number of ether oxygens (including phenoxy) is 1. The average Bonchev–Trinajstić information content (AvgIpc) is 2.16. The van der Waals surface area contributed by atoms with Crippen molar-refractivity contribution in [3.8, 4) is 0 Å². The number of carbonyl (C=O) groups is 1. The highest BCUT2D eigenvalue weighted by molar-refractivity contribution is 5.66. The van der Waals surface area contributed by atoms with E-state index in [9.17, 15) is 4.79 Å². The Morgan fingerprint density at radius 2 is 1.74 bits per heavy atom. The first kappa shape index (κ1) is 16.5. The maximum Gasteiger partial charge on any atom is 0.302 e. The van der Waals surface area contributed by atoms with E-state index in [-0.39, 0.29) is 12.1 Å². The van der Waals surface area contributed by atoms with Crippen molar-refractivity contribution in [1.29, 1.82) is 0 Å². The molecule has 0 radical (unpaired) electrons. The normalized spacial score (nSPS) is 29.1. The van der Waals surface area contributed by atoms with Gasteiger partial charge in [0.15, 0.2) is 0 Å². The van der Waals surface area contributed by atoms with Crippen molar-refractivity contribution in [3.63, 3.8) is 0 Å². The molecule has 0 spiro atoms. The van der Waals surface area contributed by atoms with Crippen LogP contribution in [-0.2, 0) is 9.53 Å². The molecule has 1 aliphatic carbocycles. The third-order valence-electron chi connectivity index (χ3n) is 4.50. The molecule has 0 N–H and O–H groups in total. The van der Waals surface area contributed by atoms with Crippen LogP contribution in [0.15, 0.2) is 0 Å². The molecule has 0 bridgehead atoms. The lowest BCUT2D eigenvalue weighted by Crippen LogP contribution is -2.38. The monoisotopic (exact) mass is 268 g/mol. The Kier molecular flexibility index (Phi) is 5.08. The van der Waals surface area contributed by atoms with Gasteiger partial charge in [-0.1, -0.05) is 41.5 Å². The highest BCUT2D eigenvalue weighted by Crippen LogP contribution is 2.46. The summed E-state index contributed by atoms with van der Waals surface area (Å²) in [6.45, 7) is 15.5. The van der Waals surface area contributed by atoms with Crippen LogP contribution in [0.4, 0.5) is 0 Å². The van der Waals surface area contributed by atoms with E-state index in [2.05, 4.69) is 41.5 Å². The first-order valence-corrected chi connectivity index (χ1v) is 7.68. The van der Waals surface area contributed by atoms with Gasteiger partial charge in [0.25, 0.3) is 0 Å². The predicted molar refractivity (Wildman–Crippen MR) is 79.9 cm³/mol. The van der Waals surface area contributed by atoms with Crippen molar-refractivity contribution in [2.45, 2.75) is 80.3 Å². The summed E-state index contributed by atoms with van der Waals surface area (Å²) in [5.74, 6) is 1.10. The number of carbonyl (C=O) groups excluding carboxylic acids is 1. The molecule has 112 valence electrons. The van der Waals surface area contributed by atoms with E-state index in [0.717, 1.165) is 12.3 Å². The molecule has 2 heteroatoms. The maximum atomic E-state index is 11.1. The van der Waals surface area contributed by atoms with Gasteiger partial charge in [0.05, 0.1) is 0 Å². The zero-order chi connectivity index (χ0) is 14.8. The molecular formula is C17H32O2. The number of hydrogen-bond donors (Lipinski definition) is 0. The van der Waals surface area contributed by atoms with Crippen LogP contribution in [0.3, 0.4) is 0 Å². The molecule has 1 rings (SSSR count). The fourth-order valence-electron chi connectivity index (χ4n) is 3.98. The first-order chi connectivity index (χ1) is 8.51. The zero-order valence-electron chi connectivity index (χ0n) is 13.9. The second-order valence-corrected chi connectivity index (χ2v) is 8.36. The Balaban J connectivity index is 2.62. The quantitative estimate of drug-likeness (QED) is 0.686. The van der Waals surface area contributed by atoms with Crippen LogP contribution in [0.2, 0.25) is 0 Å². The van der Waals surface area contributed by atoms with E-state index in [0.29, 0.717) is 16.7 Å². The zero-order valence-corrected chi connectivity index (χ0v) is 13.9. The predicted octanol–water partition coefficient (Wildman–Crippen LogP) is 4.82. The van der Waals surface area contributed by atoms with Crippen LogP contribution in [0, 0.1) is 22.7 Å². The average molecular weight is 268 g/mol. The summed E-state index contributed by atoms with van der Waals surface area (Å²) in [6.07, 6.45) is 4.78. The number of rotatable bonds is 3. The van der Waals surface area contributed by atoms with E-state index < -0.39 is 0 Å². The molecule has 0 aliphatic heterocycles. The summed E-state index contributed by atoms with van der Waals surface area (Å²) in [6, 6.07) is 0. The van der Waals surface area contributed by atoms with Gasteiger partial charge in [0.1, 0.15) is 6.10 Å². The van der Waals surface area contributed by atoms with Crippen molar-refractivity contribution >= 4 is 5.97 Å². The van der Waals surface area contributed by atoms with Crippen LogP contribution in [0.25, 0.3) is 0 Å². The van der Waals surface area contributed by atoms with E-state index >= 15 is 0 Å². The Hall–Kier alpha value is -0.530. The van der Waals surface area contributed by atoms with E-state index in [4.69, 9.17) is 4.74 Å². The Labute approximate surface area is 119 Å². The molecule has 1 saturated carbocycles. The number of esters is 1. The molecule has 3 atom stereocenters. The minimum absolute atomic E-state index is 0.135. The summed E-state index contributed by atoms with van der Waals surface area (Å²) in [4.78, 5) is 11.1. The second-order valence-electron chi connectivity index (χ2n) is 8.36. The molecule has 1 fully saturated rings. The topological polar surface area (TPSA) is 26.3 Å². The van der Waals surface area contributed by atoms with Gasteiger partial charge >= 0.3 is 5.97 Å². The number of hydrogen-bond acceptors (Lipinski definition) is 2. The molecule has 0 heterocycles. The lowest BCUT2D eigenvalue weighted by Gasteiger charge is -2.44. The Morgan fingerprint density at radius 3 is 2.16 bits per heavy atom. The fourth-order valence-corrected chi connectivity index (χ4v) is 3.98. The van der Waals surface area contributed by atoms with Gasteiger partial charge in [-0.15, -0.1) is 0 Å². The van der Waals surface area contributed by atoms with E-state index in [1.54, 1.807) is 0 Å². The smallest absolute Gasteiger partial charge is 0.302 e. The molecular weight excluding hydrogens is 236 g/mol. The van der Waals surface area contributed by atoms with Gasteiger partial charge in [-0.05, 0) is 48.3 Å². The Bertz CT molecular complexity index is 312. The summed E-state index contributed by atoms with van der Waals surface area (Å²) in [7, 11) is 0. The largest absolute Gasteiger partial charge is 0.462 e. The highest BCUT2D eigenvalue weighted by atomic mass is 16.5. The Morgan fingerprint density at radius 1 is 1.16 bits per heavy atom. The minimum Gasteiger partial charge on any atom is -0.462 e.